The molecule has 0 aromatic heterocycles. The minimum Gasteiger partial charge on any atom is -0.207 e. The van der Waals surface area contributed by atoms with Gasteiger partial charge in [0.1, 0.15) is 0 Å². The van der Waals surface area contributed by atoms with Crippen LogP contribution in [0.4, 0.5) is 0 Å². The lowest BCUT2D eigenvalue weighted by atomic mass is 10.1. The van der Waals surface area contributed by atoms with Gasteiger partial charge in [-0.05, 0) is 173 Å². The first kappa shape index (κ1) is 60.1. The van der Waals surface area contributed by atoms with E-state index in [1.165, 1.54) is 12.9 Å². The molecular weight excluding hydrogens is 973 g/mol. The van der Waals surface area contributed by atoms with Crippen LogP contribution in [0.3, 0.4) is 0 Å². The van der Waals surface area contributed by atoms with Gasteiger partial charge < -0.3 is 0 Å². The molecule has 4 aromatic carbocycles. The van der Waals surface area contributed by atoms with E-state index in [1.54, 1.807) is 32.0 Å². The summed E-state index contributed by atoms with van der Waals surface area (Å²) < 4.78 is 121. The molecule has 0 atom stereocenters. The van der Waals surface area contributed by atoms with Crippen LogP contribution in [0.5, 0.6) is 0 Å². The minimum atomic E-state index is -4.02. The Bertz CT molecular complexity index is 2860. The molecule has 0 aliphatic heterocycles. The van der Waals surface area contributed by atoms with Crippen molar-refractivity contribution in [3.05, 3.63) is 115 Å². The van der Waals surface area contributed by atoms with Gasteiger partial charge in [-0.25, -0.2) is 33.7 Å². The first-order valence-electron chi connectivity index (χ1n) is 25.4. The lowest BCUT2D eigenvalue weighted by Gasteiger charge is -2.27. The third-order valence-corrected chi connectivity index (χ3v) is 22.3. The molecule has 0 spiro atoms. The first-order chi connectivity index (χ1) is 33.1. The second-order valence-electron chi connectivity index (χ2n) is 19.9. The summed E-state index contributed by atoms with van der Waals surface area (Å²) in [4.78, 5) is 1.14. The molecule has 4 rings (SSSR count). The topological polar surface area (TPSA) is 150 Å². The van der Waals surface area contributed by atoms with Crippen molar-refractivity contribution in [1.82, 2.24) is 17.2 Å². The number of benzene rings is 4. The quantitative estimate of drug-likeness (QED) is 0.0510. The zero-order chi connectivity index (χ0) is 53.2. The van der Waals surface area contributed by atoms with Gasteiger partial charge in [0.25, 0.3) is 0 Å². The molecule has 0 fully saturated rings. The summed E-state index contributed by atoms with van der Waals surface area (Å²) in [6.45, 7) is 27.8. The van der Waals surface area contributed by atoms with Crippen molar-refractivity contribution in [3.8, 4) is 0 Å². The maximum absolute atomic E-state index is 14.7. The number of rotatable bonds is 28. The van der Waals surface area contributed by atoms with Crippen LogP contribution in [0.25, 0.3) is 0 Å². The van der Waals surface area contributed by atoms with Gasteiger partial charge in [0.05, 0.1) is 19.6 Å². The third kappa shape index (κ3) is 14.9. The van der Waals surface area contributed by atoms with Gasteiger partial charge in [-0.1, -0.05) is 97.5 Å². The van der Waals surface area contributed by atoms with Crippen LogP contribution < -0.4 is 0 Å². The van der Waals surface area contributed by atoms with Crippen molar-refractivity contribution in [2.24, 2.45) is 0 Å². The Kier molecular flexibility index (Phi) is 21.7. The van der Waals surface area contributed by atoms with Crippen molar-refractivity contribution in [2.45, 2.75) is 174 Å². The van der Waals surface area contributed by atoms with Crippen molar-refractivity contribution in [3.63, 3.8) is 0 Å². The van der Waals surface area contributed by atoms with Crippen molar-refractivity contribution in [2.75, 3.05) is 52.4 Å². The molecule has 0 radical (unpaired) electrons. The number of unbranched alkanes of at least 4 members (excludes halogenated alkanes) is 5. The summed E-state index contributed by atoms with van der Waals surface area (Å²) in [7, 11) is -15.7. The highest BCUT2D eigenvalue weighted by atomic mass is 32.2. The Balaban J connectivity index is 1.58. The van der Waals surface area contributed by atoms with Crippen LogP contribution >= 0.6 is 0 Å². The van der Waals surface area contributed by atoms with Gasteiger partial charge in [0, 0.05) is 52.4 Å². The maximum atomic E-state index is 14.7. The highest BCUT2D eigenvalue weighted by Crippen LogP contribution is 2.31. The van der Waals surface area contributed by atoms with E-state index in [0.717, 1.165) is 35.1 Å². The SMILES string of the molecule is CCCCCN(CCCCN(CCCCN(CCCCN(CC)S(=O)(=O)c1c(C)cc(C)cc1C)S(=O)(=O)c1c(C)cc(C)cc1C)S(=O)(=O)c1c(C)cc(C)cc1C)S(=O)(=O)c1c(C)cc(C)cc1C. The van der Waals surface area contributed by atoms with Crippen LogP contribution in [0, 0.1) is 83.1 Å². The van der Waals surface area contributed by atoms with E-state index in [0.29, 0.717) is 106 Å². The smallest absolute Gasteiger partial charge is 0.207 e. The van der Waals surface area contributed by atoms with Crippen LogP contribution in [0.1, 0.15) is 138 Å². The van der Waals surface area contributed by atoms with Gasteiger partial charge >= 0.3 is 0 Å². The number of sulfonamides is 4. The molecule has 0 N–H and O–H groups in total. The van der Waals surface area contributed by atoms with Crippen LogP contribution in [-0.2, 0) is 40.1 Å². The van der Waals surface area contributed by atoms with Crippen molar-refractivity contribution in [1.29, 1.82) is 0 Å². The Morgan fingerprint density at radius 1 is 0.282 bits per heavy atom. The second kappa shape index (κ2) is 25.6. The second-order valence-corrected chi connectivity index (χ2v) is 27.4. The monoisotopic (exact) mass is 1060 g/mol. The van der Waals surface area contributed by atoms with Gasteiger partial charge in [-0.15, -0.1) is 0 Å². The fourth-order valence-corrected chi connectivity index (χ4v) is 18.3. The average Bonchev–Trinajstić information content (AvgIpc) is 3.22. The molecule has 0 aliphatic carbocycles. The van der Waals surface area contributed by atoms with Crippen LogP contribution in [0.15, 0.2) is 68.1 Å². The Morgan fingerprint density at radius 3 is 0.634 bits per heavy atom. The van der Waals surface area contributed by atoms with Crippen molar-refractivity contribution < 1.29 is 33.7 Å². The zero-order valence-corrected chi connectivity index (χ0v) is 48.6. The first-order valence-corrected chi connectivity index (χ1v) is 31.2. The Morgan fingerprint density at radius 2 is 0.451 bits per heavy atom. The van der Waals surface area contributed by atoms with E-state index in [9.17, 15) is 33.7 Å². The molecular formula is C55H84N4O8S4. The molecule has 0 bridgehead atoms. The summed E-state index contributed by atoms with van der Waals surface area (Å²) in [5.41, 5.74) is 9.25. The van der Waals surface area contributed by atoms with E-state index < -0.39 is 40.1 Å². The highest BCUT2D eigenvalue weighted by molar-refractivity contribution is 7.90. The predicted molar refractivity (Wildman–Crippen MR) is 291 cm³/mol. The number of hydrogen-bond donors (Lipinski definition) is 0. The van der Waals surface area contributed by atoms with E-state index in [1.807, 2.05) is 111 Å². The molecule has 0 saturated carbocycles. The summed E-state index contributed by atoms with van der Waals surface area (Å²) in [5, 5.41) is 0. The molecule has 4 aromatic rings. The predicted octanol–water partition coefficient (Wildman–Crippen LogP) is 11.0. The molecule has 0 heterocycles. The largest absolute Gasteiger partial charge is 0.243 e. The van der Waals surface area contributed by atoms with Gasteiger partial charge in [-0.3, -0.25) is 0 Å². The van der Waals surface area contributed by atoms with Crippen molar-refractivity contribution >= 4 is 40.1 Å². The number of hydrogen-bond acceptors (Lipinski definition) is 8. The van der Waals surface area contributed by atoms with Crippen LogP contribution in [-0.4, -0.2) is 103 Å². The maximum Gasteiger partial charge on any atom is 0.243 e. The third-order valence-electron chi connectivity index (χ3n) is 13.4. The molecule has 0 amide bonds. The average molecular weight is 1060 g/mol. The molecule has 12 nitrogen and oxygen atoms in total. The van der Waals surface area contributed by atoms with Gasteiger partial charge in [0.2, 0.25) is 40.1 Å². The zero-order valence-electron chi connectivity index (χ0n) is 45.3. The standard InChI is InChI=1S/C55H84N4O8S4/c1-15-17-18-26-57(69(62,63)53-46(9)34-41(4)35-47(53)10)28-21-22-30-59(71(66,67)55-50(13)38-43(6)39-51(55)14)31-24-23-29-58(70(64,65)54-48(11)36-42(5)37-49(54)12)27-20-19-25-56(16-2)68(60,61)52-44(7)32-40(3)33-45(52)8/h32-39H,15-31H2,1-14H3. The van der Waals surface area contributed by atoms with E-state index >= 15 is 0 Å². The summed E-state index contributed by atoms with van der Waals surface area (Å²) >= 11 is 0. The molecule has 396 valence electrons. The summed E-state index contributed by atoms with van der Waals surface area (Å²) in [6, 6.07) is 15.0. The lowest BCUT2D eigenvalue weighted by molar-refractivity contribution is 0.344. The molecule has 16 heteroatoms. The molecule has 0 saturated heterocycles. The Hall–Kier alpha value is -3.48. The summed E-state index contributed by atoms with van der Waals surface area (Å²) in [5.74, 6) is 0. The van der Waals surface area contributed by atoms with E-state index in [4.69, 9.17) is 0 Å². The number of aryl methyl sites for hydroxylation is 12. The van der Waals surface area contributed by atoms with Crippen LogP contribution in [0.2, 0.25) is 0 Å². The van der Waals surface area contributed by atoms with Gasteiger partial charge in [-0.2, -0.15) is 17.2 Å². The molecule has 0 unspecified atom stereocenters. The minimum absolute atomic E-state index is 0.130. The fraction of sp³-hybridized carbons (Fsp3) is 0.564. The summed E-state index contributed by atoms with van der Waals surface area (Å²) in [6.07, 6.45) is 4.95. The Labute approximate surface area is 430 Å². The fourth-order valence-electron chi connectivity index (χ4n) is 10.6. The number of nitrogens with zero attached hydrogens (tertiary/aromatic N) is 4. The lowest BCUT2D eigenvalue weighted by Crippen LogP contribution is -2.37. The normalized spacial score (nSPS) is 12.9. The molecule has 0 aliphatic rings. The van der Waals surface area contributed by atoms with E-state index in [2.05, 4.69) is 6.92 Å². The van der Waals surface area contributed by atoms with E-state index in [-0.39, 0.29) is 55.6 Å². The highest BCUT2D eigenvalue weighted by Gasteiger charge is 2.32. The molecule has 71 heavy (non-hydrogen) atoms. The van der Waals surface area contributed by atoms with Gasteiger partial charge in [0.15, 0.2) is 0 Å².